The second kappa shape index (κ2) is 7.04. The molecule has 2 fully saturated rings. The highest BCUT2D eigenvalue weighted by Crippen LogP contribution is 2.72. The lowest BCUT2D eigenvalue weighted by Gasteiger charge is -2.52. The van der Waals surface area contributed by atoms with E-state index in [1.54, 1.807) is 25.3 Å². The maximum atomic E-state index is 13.0. The molecule has 5 N–H and O–H groups in total. The van der Waals surface area contributed by atoms with Gasteiger partial charge in [0, 0.05) is 12.1 Å². The number of aliphatic hydroxyl groups excluding tert-OH is 3. The number of ether oxygens (including phenoxy) is 1. The molecule has 0 amide bonds. The number of hydrogen-bond donors (Lipinski definition) is 5. The molecule has 7 nitrogen and oxygen atoms in total. The van der Waals surface area contributed by atoms with Gasteiger partial charge in [0.2, 0.25) is 0 Å². The molecule has 180 valence electrons. The van der Waals surface area contributed by atoms with Gasteiger partial charge in [0.1, 0.15) is 17.4 Å². The number of hydrogen-bond acceptors (Lipinski definition) is 6. The lowest BCUT2D eigenvalue weighted by Crippen LogP contribution is -2.66. The number of fused-ring (bicyclic) bond motifs is 3. The van der Waals surface area contributed by atoms with Crippen LogP contribution in [0.25, 0.3) is 0 Å². The van der Waals surface area contributed by atoms with Crippen LogP contribution in [0.5, 0.6) is 0 Å². The first-order chi connectivity index (χ1) is 15.4. The first-order valence-electron chi connectivity index (χ1n) is 11.9. The Kier molecular flexibility index (Phi) is 4.87. The van der Waals surface area contributed by atoms with E-state index >= 15 is 0 Å². The molecule has 4 aliphatic rings. The lowest BCUT2D eigenvalue weighted by molar-refractivity contribution is -0.215. The summed E-state index contributed by atoms with van der Waals surface area (Å²) >= 11 is 0. The molecule has 1 aromatic rings. The van der Waals surface area contributed by atoms with Gasteiger partial charge in [-0.05, 0) is 66.2 Å². The lowest BCUT2D eigenvalue weighted by atomic mass is 9.58. The normalized spacial score (nSPS) is 45.2. The number of H-pyrrole nitrogens is 1. The molecule has 4 aliphatic carbocycles. The van der Waals surface area contributed by atoms with E-state index in [0.717, 1.165) is 12.0 Å². The summed E-state index contributed by atoms with van der Waals surface area (Å²) < 4.78 is 5.85. The third-order valence-corrected chi connectivity index (χ3v) is 9.43. The molecule has 0 aromatic carbocycles. The van der Waals surface area contributed by atoms with Crippen molar-refractivity contribution in [1.29, 1.82) is 0 Å². The molecule has 2 bridgehead atoms. The van der Waals surface area contributed by atoms with Gasteiger partial charge in [-0.3, -0.25) is 0 Å². The Hall–Kier alpha value is -1.93. The van der Waals surface area contributed by atoms with Crippen LogP contribution in [0.4, 0.5) is 0 Å². The van der Waals surface area contributed by atoms with E-state index < -0.39 is 41.9 Å². The summed E-state index contributed by atoms with van der Waals surface area (Å²) in [5, 5.41) is 46.0. The Bertz CT molecular complexity index is 1050. The fraction of sp³-hybridized carbons (Fsp3) is 0.654. The Balaban J connectivity index is 1.64. The van der Waals surface area contributed by atoms with Crippen LogP contribution in [-0.2, 0) is 4.74 Å². The van der Waals surface area contributed by atoms with Gasteiger partial charge in [-0.15, -0.1) is 0 Å². The van der Waals surface area contributed by atoms with E-state index in [4.69, 9.17) is 4.74 Å². The van der Waals surface area contributed by atoms with Gasteiger partial charge in [-0.2, -0.15) is 0 Å². The maximum Gasteiger partial charge on any atom is 0.355 e. The van der Waals surface area contributed by atoms with Gasteiger partial charge in [0.05, 0.1) is 18.1 Å². The molecule has 1 unspecified atom stereocenters. The highest BCUT2D eigenvalue weighted by molar-refractivity contribution is 5.88. The molecule has 1 heterocycles. The smallest absolute Gasteiger partial charge is 0.355 e. The fourth-order valence-electron chi connectivity index (χ4n) is 7.69. The SMILES string of the molecule is CC1=C[C@]23C(O)[C@@H](C=C(CO)[C@@H](O)[C@]2(O)[C@H]1OC(=O)c1cc(C)c[nH]1)[C@H]1[C@@H](C[C@H]3C)C1(C)C. The van der Waals surface area contributed by atoms with E-state index in [2.05, 4.69) is 18.8 Å². The molecule has 0 aliphatic heterocycles. The van der Waals surface area contributed by atoms with Crippen LogP contribution in [0.3, 0.4) is 0 Å². The summed E-state index contributed by atoms with van der Waals surface area (Å²) in [6, 6.07) is 1.66. The van der Waals surface area contributed by atoms with Gasteiger partial charge in [-0.25, -0.2) is 4.79 Å². The van der Waals surface area contributed by atoms with Crippen molar-refractivity contribution in [1.82, 2.24) is 4.98 Å². The maximum absolute atomic E-state index is 13.0. The first-order valence-corrected chi connectivity index (χ1v) is 11.9. The Morgan fingerprint density at radius 1 is 1.27 bits per heavy atom. The van der Waals surface area contributed by atoms with Crippen LogP contribution in [0.15, 0.2) is 35.6 Å². The van der Waals surface area contributed by atoms with Crippen molar-refractivity contribution in [2.75, 3.05) is 6.61 Å². The van der Waals surface area contributed by atoms with E-state index in [1.165, 1.54) is 0 Å². The monoisotopic (exact) mass is 457 g/mol. The summed E-state index contributed by atoms with van der Waals surface area (Å²) in [7, 11) is 0. The highest BCUT2D eigenvalue weighted by atomic mass is 16.6. The van der Waals surface area contributed by atoms with Crippen LogP contribution < -0.4 is 0 Å². The number of aromatic nitrogens is 1. The summed E-state index contributed by atoms with van der Waals surface area (Å²) in [5.41, 5.74) is -1.24. The van der Waals surface area contributed by atoms with E-state index in [0.29, 0.717) is 11.5 Å². The molecule has 2 saturated carbocycles. The highest BCUT2D eigenvalue weighted by Gasteiger charge is 2.76. The van der Waals surface area contributed by atoms with Crippen LogP contribution in [0.2, 0.25) is 0 Å². The van der Waals surface area contributed by atoms with Gasteiger partial charge < -0.3 is 30.1 Å². The number of carbonyl (C=O) groups is 1. The number of rotatable bonds is 3. The molecule has 33 heavy (non-hydrogen) atoms. The Morgan fingerprint density at radius 3 is 2.58 bits per heavy atom. The molecular formula is C26H35NO6. The Morgan fingerprint density at radius 2 is 1.97 bits per heavy atom. The average Bonchev–Trinajstić information content (AvgIpc) is 3.02. The van der Waals surface area contributed by atoms with Crippen molar-refractivity contribution < 1.29 is 30.0 Å². The van der Waals surface area contributed by atoms with Gasteiger partial charge in [-0.1, -0.05) is 32.9 Å². The molecule has 5 rings (SSSR count). The second-order valence-corrected chi connectivity index (χ2v) is 11.4. The predicted molar refractivity (Wildman–Crippen MR) is 121 cm³/mol. The number of carbonyl (C=O) groups excluding carboxylic acids is 1. The third-order valence-electron chi connectivity index (χ3n) is 9.43. The zero-order chi connectivity index (χ0) is 24.1. The minimum absolute atomic E-state index is 0.0285. The molecule has 9 atom stereocenters. The molecule has 7 heteroatoms. The fourth-order valence-corrected chi connectivity index (χ4v) is 7.69. The zero-order valence-corrected chi connectivity index (χ0v) is 19.9. The topological polar surface area (TPSA) is 123 Å². The molecule has 1 spiro atoms. The average molecular weight is 458 g/mol. The summed E-state index contributed by atoms with van der Waals surface area (Å²) in [6.07, 6.45) is 2.41. The van der Waals surface area contributed by atoms with Crippen LogP contribution in [0, 0.1) is 41.4 Å². The molecule has 1 aromatic heterocycles. The molecular weight excluding hydrogens is 422 g/mol. The number of esters is 1. The van der Waals surface area contributed by atoms with Gasteiger partial charge in [0.25, 0.3) is 0 Å². The van der Waals surface area contributed by atoms with Crippen molar-refractivity contribution >= 4 is 5.97 Å². The number of aromatic amines is 1. The Labute approximate surface area is 194 Å². The standard InChI is InChI=1S/C26H35NO6/c1-12-6-18(27-10-12)23(31)33-22-13(2)9-25-14(3)7-17-19(24(17,4)5)16(21(25)30)8-15(11-28)20(29)26(22,25)32/h6,8-10,14,16-17,19-22,27-30,32H,7,11H2,1-5H3/t14-,16+,17-,19+,20-,21?,22+,25+,26+/m1/s1. The van der Waals surface area contributed by atoms with Gasteiger partial charge >= 0.3 is 5.97 Å². The van der Waals surface area contributed by atoms with Crippen LogP contribution in [0.1, 0.15) is 50.2 Å². The van der Waals surface area contributed by atoms with E-state index in [9.17, 15) is 25.2 Å². The van der Waals surface area contributed by atoms with E-state index in [-0.39, 0.29) is 34.4 Å². The van der Waals surface area contributed by atoms with Crippen molar-refractivity contribution in [3.05, 3.63) is 46.8 Å². The first kappa shape index (κ1) is 22.8. The number of nitrogens with one attached hydrogen (secondary N) is 1. The van der Waals surface area contributed by atoms with E-state index in [1.807, 2.05) is 19.9 Å². The third kappa shape index (κ3) is 2.74. The van der Waals surface area contributed by atoms with Crippen molar-refractivity contribution in [2.45, 2.75) is 65.0 Å². The molecule has 0 saturated heterocycles. The second-order valence-electron chi connectivity index (χ2n) is 11.4. The van der Waals surface area contributed by atoms with Gasteiger partial charge in [0.15, 0.2) is 6.10 Å². The van der Waals surface area contributed by atoms with Crippen molar-refractivity contribution in [3.8, 4) is 0 Å². The number of aryl methyl sites for hydroxylation is 1. The summed E-state index contributed by atoms with van der Waals surface area (Å²) in [6.45, 7) is 9.54. The molecule has 0 radical (unpaired) electrons. The quantitative estimate of drug-likeness (QED) is 0.350. The predicted octanol–water partition coefficient (Wildman–Crippen LogP) is 2.11. The zero-order valence-electron chi connectivity index (χ0n) is 19.9. The summed E-state index contributed by atoms with van der Waals surface area (Å²) in [5.74, 6) is -0.620. The van der Waals surface area contributed by atoms with Crippen LogP contribution in [-0.4, -0.2) is 61.9 Å². The van der Waals surface area contributed by atoms with Crippen molar-refractivity contribution in [2.24, 2.45) is 34.5 Å². The number of aliphatic hydroxyl groups is 4. The minimum Gasteiger partial charge on any atom is -0.450 e. The largest absolute Gasteiger partial charge is 0.450 e. The summed E-state index contributed by atoms with van der Waals surface area (Å²) in [4.78, 5) is 15.8. The minimum atomic E-state index is -2.02. The van der Waals surface area contributed by atoms with Crippen LogP contribution >= 0.6 is 0 Å². The van der Waals surface area contributed by atoms with Crippen molar-refractivity contribution in [3.63, 3.8) is 0 Å².